The Morgan fingerprint density at radius 1 is 1.42 bits per heavy atom. The lowest BCUT2D eigenvalue weighted by atomic mass is 10.1. The molecule has 4 heteroatoms. The van der Waals surface area contributed by atoms with Crippen molar-refractivity contribution in [1.29, 1.82) is 0 Å². The third kappa shape index (κ3) is 4.04. The third-order valence-electron chi connectivity index (χ3n) is 3.41. The summed E-state index contributed by atoms with van der Waals surface area (Å²) >= 11 is 0. The smallest absolute Gasteiger partial charge is 0.237 e. The molecule has 1 aromatic carbocycles. The van der Waals surface area contributed by atoms with Gasteiger partial charge < -0.3 is 15.4 Å². The van der Waals surface area contributed by atoms with E-state index in [-0.39, 0.29) is 11.9 Å². The summed E-state index contributed by atoms with van der Waals surface area (Å²) < 4.78 is 5.44. The van der Waals surface area contributed by atoms with Crippen LogP contribution in [0, 0.1) is 0 Å². The van der Waals surface area contributed by atoms with Crippen molar-refractivity contribution in [2.45, 2.75) is 39.0 Å². The van der Waals surface area contributed by atoms with E-state index in [4.69, 9.17) is 4.74 Å². The maximum Gasteiger partial charge on any atom is 0.237 e. The SMILES string of the molecule is CCOCc1ccccc1CNC(=O)[C@@H]1CCCN1. The van der Waals surface area contributed by atoms with Crippen LogP contribution >= 0.6 is 0 Å². The third-order valence-corrected chi connectivity index (χ3v) is 3.41. The molecule has 4 nitrogen and oxygen atoms in total. The van der Waals surface area contributed by atoms with Crippen LogP contribution in [0.2, 0.25) is 0 Å². The fourth-order valence-corrected chi connectivity index (χ4v) is 2.30. The Labute approximate surface area is 114 Å². The summed E-state index contributed by atoms with van der Waals surface area (Å²) in [5.74, 6) is 0.101. The van der Waals surface area contributed by atoms with Crippen LogP contribution in [-0.4, -0.2) is 25.1 Å². The lowest BCUT2D eigenvalue weighted by molar-refractivity contribution is -0.122. The molecular weight excluding hydrogens is 240 g/mol. The zero-order valence-corrected chi connectivity index (χ0v) is 11.4. The van der Waals surface area contributed by atoms with Gasteiger partial charge in [0.05, 0.1) is 12.6 Å². The van der Waals surface area contributed by atoms with Gasteiger partial charge in [0, 0.05) is 13.2 Å². The van der Waals surface area contributed by atoms with Crippen molar-refractivity contribution < 1.29 is 9.53 Å². The summed E-state index contributed by atoms with van der Waals surface area (Å²) in [7, 11) is 0. The Hall–Kier alpha value is -1.39. The largest absolute Gasteiger partial charge is 0.377 e. The number of carbonyl (C=O) groups is 1. The molecule has 1 aromatic rings. The Bertz CT molecular complexity index is 414. The summed E-state index contributed by atoms with van der Waals surface area (Å²) in [6.07, 6.45) is 2.02. The molecule has 1 aliphatic heterocycles. The second-order valence-electron chi connectivity index (χ2n) is 4.77. The van der Waals surface area contributed by atoms with Crippen molar-refractivity contribution >= 4 is 5.91 Å². The molecule has 1 aliphatic rings. The standard InChI is InChI=1S/C15H22N2O2/c1-2-19-11-13-7-4-3-6-12(13)10-17-15(18)14-8-5-9-16-14/h3-4,6-7,14,16H,2,5,8-11H2,1H3,(H,17,18)/t14-/m0/s1. The average molecular weight is 262 g/mol. The van der Waals surface area contributed by atoms with Crippen LogP contribution in [0.25, 0.3) is 0 Å². The molecule has 1 saturated heterocycles. The second kappa shape index (κ2) is 7.26. The van der Waals surface area contributed by atoms with E-state index in [1.807, 2.05) is 31.2 Å². The number of hydrogen-bond donors (Lipinski definition) is 2. The Morgan fingerprint density at radius 2 is 2.21 bits per heavy atom. The first-order valence-electron chi connectivity index (χ1n) is 6.97. The molecule has 0 saturated carbocycles. The summed E-state index contributed by atoms with van der Waals surface area (Å²) in [5.41, 5.74) is 2.27. The molecule has 2 N–H and O–H groups in total. The number of benzene rings is 1. The average Bonchev–Trinajstić information content (AvgIpc) is 2.97. The molecule has 104 valence electrons. The fraction of sp³-hybridized carbons (Fsp3) is 0.533. The van der Waals surface area contributed by atoms with E-state index < -0.39 is 0 Å². The van der Waals surface area contributed by atoms with Crippen LogP contribution in [0.15, 0.2) is 24.3 Å². The van der Waals surface area contributed by atoms with Gasteiger partial charge in [0.2, 0.25) is 5.91 Å². The molecule has 0 aliphatic carbocycles. The van der Waals surface area contributed by atoms with E-state index in [1.165, 1.54) is 0 Å². The molecular formula is C15H22N2O2. The molecule has 19 heavy (non-hydrogen) atoms. The van der Waals surface area contributed by atoms with Gasteiger partial charge in [-0.3, -0.25) is 4.79 Å². The number of carbonyl (C=O) groups excluding carboxylic acids is 1. The Kier molecular flexibility index (Phi) is 5.36. The predicted octanol–water partition coefficient (Wildman–Crippen LogP) is 1.59. The van der Waals surface area contributed by atoms with Crippen molar-refractivity contribution in [3.8, 4) is 0 Å². The monoisotopic (exact) mass is 262 g/mol. The summed E-state index contributed by atoms with van der Waals surface area (Å²) in [6, 6.07) is 8.06. The quantitative estimate of drug-likeness (QED) is 0.818. The van der Waals surface area contributed by atoms with Gasteiger partial charge in [-0.05, 0) is 37.4 Å². The van der Waals surface area contributed by atoms with Crippen LogP contribution in [-0.2, 0) is 22.7 Å². The van der Waals surface area contributed by atoms with Crippen LogP contribution in [0.4, 0.5) is 0 Å². The van der Waals surface area contributed by atoms with Crippen molar-refractivity contribution in [3.05, 3.63) is 35.4 Å². The van der Waals surface area contributed by atoms with Crippen LogP contribution in [0.1, 0.15) is 30.9 Å². The second-order valence-corrected chi connectivity index (χ2v) is 4.77. The minimum Gasteiger partial charge on any atom is -0.377 e. The summed E-state index contributed by atoms with van der Waals surface area (Å²) in [4.78, 5) is 11.9. The molecule has 0 bridgehead atoms. The van der Waals surface area contributed by atoms with Gasteiger partial charge in [-0.25, -0.2) is 0 Å². The van der Waals surface area contributed by atoms with Gasteiger partial charge in [-0.15, -0.1) is 0 Å². The maximum atomic E-state index is 11.9. The van der Waals surface area contributed by atoms with Gasteiger partial charge in [0.15, 0.2) is 0 Å². The number of hydrogen-bond acceptors (Lipinski definition) is 3. The van der Waals surface area contributed by atoms with Gasteiger partial charge in [0.25, 0.3) is 0 Å². The maximum absolute atomic E-state index is 11.9. The van der Waals surface area contributed by atoms with Gasteiger partial charge in [0.1, 0.15) is 0 Å². The van der Waals surface area contributed by atoms with Gasteiger partial charge in [-0.2, -0.15) is 0 Å². The van der Waals surface area contributed by atoms with E-state index in [2.05, 4.69) is 10.6 Å². The molecule has 0 spiro atoms. The van der Waals surface area contributed by atoms with E-state index in [0.29, 0.717) is 19.8 Å². The molecule has 1 amide bonds. The van der Waals surface area contributed by atoms with Crippen molar-refractivity contribution in [3.63, 3.8) is 0 Å². The van der Waals surface area contributed by atoms with Crippen LogP contribution < -0.4 is 10.6 Å². The van der Waals surface area contributed by atoms with Gasteiger partial charge >= 0.3 is 0 Å². The molecule has 1 fully saturated rings. The predicted molar refractivity (Wildman–Crippen MR) is 74.6 cm³/mol. The molecule has 1 heterocycles. The minimum atomic E-state index is -0.0148. The molecule has 0 radical (unpaired) electrons. The molecule has 0 aromatic heterocycles. The van der Waals surface area contributed by atoms with Crippen molar-refractivity contribution in [1.82, 2.24) is 10.6 Å². The van der Waals surface area contributed by atoms with E-state index >= 15 is 0 Å². The highest BCUT2D eigenvalue weighted by molar-refractivity contribution is 5.82. The minimum absolute atomic E-state index is 0.0148. The Balaban J connectivity index is 1.89. The van der Waals surface area contributed by atoms with Crippen molar-refractivity contribution in [2.75, 3.05) is 13.2 Å². The number of rotatable bonds is 6. The number of amides is 1. The number of nitrogens with one attached hydrogen (secondary N) is 2. The first-order chi connectivity index (χ1) is 9.31. The van der Waals surface area contributed by atoms with Crippen molar-refractivity contribution in [2.24, 2.45) is 0 Å². The first-order valence-corrected chi connectivity index (χ1v) is 6.97. The fourth-order valence-electron chi connectivity index (χ4n) is 2.30. The highest BCUT2D eigenvalue weighted by Gasteiger charge is 2.21. The lowest BCUT2D eigenvalue weighted by Gasteiger charge is -2.13. The van der Waals surface area contributed by atoms with E-state index in [0.717, 1.165) is 30.5 Å². The molecule has 2 rings (SSSR count). The van der Waals surface area contributed by atoms with Crippen LogP contribution in [0.5, 0.6) is 0 Å². The Morgan fingerprint density at radius 3 is 2.89 bits per heavy atom. The summed E-state index contributed by atoms with van der Waals surface area (Å²) in [5, 5.41) is 6.21. The summed E-state index contributed by atoms with van der Waals surface area (Å²) in [6.45, 7) is 4.80. The number of ether oxygens (including phenoxy) is 1. The van der Waals surface area contributed by atoms with Crippen LogP contribution in [0.3, 0.4) is 0 Å². The zero-order chi connectivity index (χ0) is 13.5. The zero-order valence-electron chi connectivity index (χ0n) is 11.4. The topological polar surface area (TPSA) is 50.4 Å². The normalized spacial score (nSPS) is 18.5. The highest BCUT2D eigenvalue weighted by atomic mass is 16.5. The molecule has 0 unspecified atom stereocenters. The molecule has 1 atom stereocenters. The first kappa shape index (κ1) is 14.0. The van der Waals surface area contributed by atoms with E-state index in [9.17, 15) is 4.79 Å². The van der Waals surface area contributed by atoms with E-state index in [1.54, 1.807) is 0 Å². The lowest BCUT2D eigenvalue weighted by Crippen LogP contribution is -2.40. The highest BCUT2D eigenvalue weighted by Crippen LogP contribution is 2.11. The van der Waals surface area contributed by atoms with Gasteiger partial charge in [-0.1, -0.05) is 24.3 Å².